The fraction of sp³-hybridized carbons (Fsp3) is 0.611. The fourth-order valence-corrected chi connectivity index (χ4v) is 3.64. The van der Waals surface area contributed by atoms with Gasteiger partial charge in [-0.05, 0) is 38.3 Å². The molecule has 2 aliphatic heterocycles. The third-order valence-corrected chi connectivity index (χ3v) is 5.23. The van der Waals surface area contributed by atoms with E-state index >= 15 is 0 Å². The highest BCUT2D eigenvalue weighted by molar-refractivity contribution is 6.06. The molecule has 0 radical (unpaired) electrons. The molecule has 2 heterocycles. The van der Waals surface area contributed by atoms with Crippen LogP contribution in [-0.2, 0) is 4.79 Å². The molecule has 1 spiro atoms. The Hall–Kier alpha value is -1.55. The van der Waals surface area contributed by atoms with Gasteiger partial charge in [-0.25, -0.2) is 0 Å². The number of anilines is 2. The molecule has 3 rings (SSSR count). The van der Waals surface area contributed by atoms with Crippen molar-refractivity contribution < 1.29 is 4.79 Å². The van der Waals surface area contributed by atoms with Crippen LogP contribution in [0.1, 0.15) is 46.0 Å². The highest BCUT2D eigenvalue weighted by Gasteiger charge is 2.44. The molecule has 120 valence electrons. The van der Waals surface area contributed by atoms with Gasteiger partial charge in [0.25, 0.3) is 0 Å². The molecule has 1 aromatic carbocycles. The maximum atomic E-state index is 12.6. The van der Waals surface area contributed by atoms with Crippen LogP contribution in [0.15, 0.2) is 24.3 Å². The number of rotatable bonds is 4. The Labute approximate surface area is 133 Å². The van der Waals surface area contributed by atoms with E-state index < -0.39 is 5.54 Å². The topological polar surface area (TPSA) is 44.4 Å². The molecular weight excluding hydrogens is 274 g/mol. The summed E-state index contributed by atoms with van der Waals surface area (Å²) in [5.74, 6) is 0.132. The molecular formula is C18H27N3O. The average Bonchev–Trinajstić information content (AvgIpc) is 2.54. The molecule has 1 amide bonds. The van der Waals surface area contributed by atoms with Crippen LogP contribution in [0.25, 0.3) is 0 Å². The molecule has 4 nitrogen and oxygen atoms in total. The van der Waals surface area contributed by atoms with Crippen LogP contribution in [0.3, 0.4) is 0 Å². The SMILES string of the molecule is CCCC[C@H](C)N1CCC2(CC1)Nc1ccccc1NC2=O. The van der Waals surface area contributed by atoms with Crippen molar-refractivity contribution in [1.29, 1.82) is 0 Å². The van der Waals surface area contributed by atoms with Crippen molar-refractivity contribution in [3.05, 3.63) is 24.3 Å². The quantitative estimate of drug-likeness (QED) is 0.895. The summed E-state index contributed by atoms with van der Waals surface area (Å²) in [6.07, 6.45) is 5.55. The number of hydrogen-bond donors (Lipinski definition) is 2. The van der Waals surface area contributed by atoms with E-state index in [0.717, 1.165) is 37.3 Å². The number of para-hydroxylation sites is 2. The van der Waals surface area contributed by atoms with Crippen LogP contribution in [0.5, 0.6) is 0 Å². The third kappa shape index (κ3) is 2.84. The van der Waals surface area contributed by atoms with Gasteiger partial charge in [0.2, 0.25) is 5.91 Å². The third-order valence-electron chi connectivity index (χ3n) is 5.23. The van der Waals surface area contributed by atoms with Gasteiger partial charge in [-0.15, -0.1) is 0 Å². The number of hydrogen-bond acceptors (Lipinski definition) is 3. The van der Waals surface area contributed by atoms with E-state index in [1.54, 1.807) is 0 Å². The summed E-state index contributed by atoms with van der Waals surface area (Å²) in [7, 11) is 0. The maximum Gasteiger partial charge on any atom is 0.250 e. The molecule has 2 aliphatic rings. The molecule has 1 atom stereocenters. The number of fused-ring (bicyclic) bond motifs is 1. The van der Waals surface area contributed by atoms with Crippen molar-refractivity contribution in [1.82, 2.24) is 4.90 Å². The number of amides is 1. The number of unbranched alkanes of at least 4 members (excludes halogenated alkanes) is 1. The first-order chi connectivity index (χ1) is 10.6. The Kier molecular flexibility index (Phi) is 4.39. The molecule has 1 fully saturated rings. The number of nitrogens with zero attached hydrogens (tertiary/aromatic N) is 1. The summed E-state index contributed by atoms with van der Waals surface area (Å²) in [4.78, 5) is 15.1. The van der Waals surface area contributed by atoms with E-state index in [-0.39, 0.29) is 5.91 Å². The minimum Gasteiger partial charge on any atom is -0.369 e. The Morgan fingerprint density at radius 2 is 1.91 bits per heavy atom. The average molecular weight is 301 g/mol. The second kappa shape index (κ2) is 6.29. The Balaban J connectivity index is 1.66. The van der Waals surface area contributed by atoms with Crippen LogP contribution in [0.4, 0.5) is 11.4 Å². The highest BCUT2D eigenvalue weighted by atomic mass is 16.2. The van der Waals surface area contributed by atoms with E-state index in [1.807, 2.05) is 24.3 Å². The molecule has 0 bridgehead atoms. The lowest BCUT2D eigenvalue weighted by molar-refractivity contribution is -0.122. The smallest absolute Gasteiger partial charge is 0.250 e. The number of carbonyl (C=O) groups excluding carboxylic acids is 1. The Morgan fingerprint density at radius 1 is 1.23 bits per heavy atom. The Morgan fingerprint density at radius 3 is 2.59 bits per heavy atom. The minimum absolute atomic E-state index is 0.132. The number of benzene rings is 1. The zero-order valence-electron chi connectivity index (χ0n) is 13.7. The molecule has 4 heteroatoms. The van der Waals surface area contributed by atoms with E-state index in [0.29, 0.717) is 6.04 Å². The summed E-state index contributed by atoms with van der Waals surface area (Å²) in [5, 5.41) is 6.60. The van der Waals surface area contributed by atoms with Crippen molar-refractivity contribution in [2.24, 2.45) is 0 Å². The Bertz CT molecular complexity index is 535. The van der Waals surface area contributed by atoms with Crippen molar-refractivity contribution in [2.75, 3.05) is 23.7 Å². The molecule has 0 aliphatic carbocycles. The van der Waals surface area contributed by atoms with Crippen molar-refractivity contribution in [3.8, 4) is 0 Å². The van der Waals surface area contributed by atoms with Gasteiger partial charge in [-0.2, -0.15) is 0 Å². The molecule has 0 aromatic heterocycles. The summed E-state index contributed by atoms with van der Waals surface area (Å²) in [5.41, 5.74) is 1.53. The van der Waals surface area contributed by atoms with Crippen LogP contribution >= 0.6 is 0 Å². The first-order valence-electron chi connectivity index (χ1n) is 8.57. The van der Waals surface area contributed by atoms with Crippen LogP contribution in [0.2, 0.25) is 0 Å². The number of carbonyl (C=O) groups is 1. The second-order valence-corrected chi connectivity index (χ2v) is 6.73. The summed E-state index contributed by atoms with van der Waals surface area (Å²) in [6.45, 7) is 6.55. The first-order valence-corrected chi connectivity index (χ1v) is 8.57. The van der Waals surface area contributed by atoms with Gasteiger partial charge in [0.1, 0.15) is 5.54 Å². The van der Waals surface area contributed by atoms with Crippen LogP contribution in [-0.4, -0.2) is 35.5 Å². The van der Waals surface area contributed by atoms with Crippen LogP contribution < -0.4 is 10.6 Å². The minimum atomic E-state index is -0.421. The molecule has 22 heavy (non-hydrogen) atoms. The van der Waals surface area contributed by atoms with Gasteiger partial charge in [0.15, 0.2) is 0 Å². The zero-order valence-corrected chi connectivity index (χ0v) is 13.7. The van der Waals surface area contributed by atoms with Gasteiger partial charge in [0, 0.05) is 19.1 Å². The summed E-state index contributed by atoms with van der Waals surface area (Å²) in [6, 6.07) is 8.59. The van der Waals surface area contributed by atoms with Gasteiger partial charge < -0.3 is 15.5 Å². The standard InChI is InChI=1S/C18H27N3O/c1-3-4-7-14(2)21-12-10-18(11-13-21)17(22)19-15-8-5-6-9-16(15)20-18/h5-6,8-9,14,20H,3-4,7,10-13H2,1-2H3,(H,19,22)/t14-/m0/s1. The van der Waals surface area contributed by atoms with E-state index in [2.05, 4.69) is 29.4 Å². The molecule has 0 unspecified atom stereocenters. The van der Waals surface area contributed by atoms with Crippen LogP contribution in [0, 0.1) is 0 Å². The molecule has 2 N–H and O–H groups in total. The predicted octanol–water partition coefficient (Wildman–Crippen LogP) is 3.46. The van der Waals surface area contributed by atoms with Crippen molar-refractivity contribution in [2.45, 2.75) is 57.5 Å². The van der Waals surface area contributed by atoms with E-state index in [9.17, 15) is 4.79 Å². The fourth-order valence-electron chi connectivity index (χ4n) is 3.64. The van der Waals surface area contributed by atoms with Gasteiger partial charge in [0.05, 0.1) is 11.4 Å². The lowest BCUT2D eigenvalue weighted by atomic mass is 9.83. The van der Waals surface area contributed by atoms with E-state index in [4.69, 9.17) is 0 Å². The number of likely N-dealkylation sites (tertiary alicyclic amines) is 1. The van der Waals surface area contributed by atoms with Gasteiger partial charge >= 0.3 is 0 Å². The molecule has 1 aromatic rings. The maximum absolute atomic E-state index is 12.6. The van der Waals surface area contributed by atoms with Gasteiger partial charge in [-0.3, -0.25) is 4.79 Å². The first kappa shape index (κ1) is 15.3. The lowest BCUT2D eigenvalue weighted by Gasteiger charge is -2.45. The van der Waals surface area contributed by atoms with Crippen molar-refractivity contribution >= 4 is 17.3 Å². The zero-order chi connectivity index (χ0) is 15.6. The van der Waals surface area contributed by atoms with Crippen molar-refractivity contribution in [3.63, 3.8) is 0 Å². The lowest BCUT2D eigenvalue weighted by Crippen LogP contribution is -2.59. The number of nitrogens with one attached hydrogen (secondary N) is 2. The highest BCUT2D eigenvalue weighted by Crippen LogP contribution is 2.36. The number of piperidine rings is 1. The molecule has 0 saturated carbocycles. The predicted molar refractivity (Wildman–Crippen MR) is 91.2 cm³/mol. The van der Waals surface area contributed by atoms with Gasteiger partial charge in [-0.1, -0.05) is 31.9 Å². The summed E-state index contributed by atoms with van der Waals surface area (Å²) >= 11 is 0. The second-order valence-electron chi connectivity index (χ2n) is 6.73. The largest absolute Gasteiger partial charge is 0.369 e. The van der Waals surface area contributed by atoms with E-state index in [1.165, 1.54) is 19.3 Å². The normalized spacial score (nSPS) is 21.8. The monoisotopic (exact) mass is 301 g/mol. The molecule has 1 saturated heterocycles. The summed E-state index contributed by atoms with van der Waals surface area (Å²) < 4.78 is 0.